The van der Waals surface area contributed by atoms with Gasteiger partial charge in [-0.15, -0.1) is 11.3 Å². The molecule has 2 aromatic heterocycles. The lowest BCUT2D eigenvalue weighted by Gasteiger charge is -2.09. The molecule has 0 aliphatic heterocycles. The molecule has 0 fully saturated rings. The Labute approximate surface area is 103 Å². The maximum atomic E-state index is 11.9. The van der Waals surface area contributed by atoms with Crippen molar-refractivity contribution in [1.29, 1.82) is 0 Å². The Bertz CT molecular complexity index is 594. The molecule has 0 radical (unpaired) electrons. The number of nitrogens with one attached hydrogen (secondary N) is 1. The van der Waals surface area contributed by atoms with Gasteiger partial charge in [0, 0.05) is 6.20 Å². The molecule has 0 atom stereocenters. The van der Waals surface area contributed by atoms with Gasteiger partial charge in [0.2, 0.25) is 5.88 Å². The predicted molar refractivity (Wildman–Crippen MR) is 65.9 cm³/mol. The molecule has 0 saturated carbocycles. The van der Waals surface area contributed by atoms with E-state index < -0.39 is 10.0 Å². The molecule has 0 aliphatic carbocycles. The van der Waals surface area contributed by atoms with Crippen molar-refractivity contribution >= 4 is 27.0 Å². The molecule has 0 saturated heterocycles. The topological polar surface area (TPSA) is 68.3 Å². The van der Waals surface area contributed by atoms with E-state index in [0.29, 0.717) is 5.69 Å². The van der Waals surface area contributed by atoms with Crippen LogP contribution >= 0.6 is 11.3 Å². The molecule has 2 aromatic rings. The van der Waals surface area contributed by atoms with E-state index in [1.165, 1.54) is 19.4 Å². The van der Waals surface area contributed by atoms with Gasteiger partial charge < -0.3 is 4.74 Å². The highest BCUT2D eigenvalue weighted by molar-refractivity contribution is 7.94. The van der Waals surface area contributed by atoms with Crippen molar-refractivity contribution < 1.29 is 13.2 Å². The highest BCUT2D eigenvalue weighted by Gasteiger charge is 2.17. The molecule has 1 N–H and O–H groups in total. The third-order valence-electron chi connectivity index (χ3n) is 1.97. The van der Waals surface area contributed by atoms with Crippen molar-refractivity contribution in [2.45, 2.75) is 4.21 Å². The fourth-order valence-corrected chi connectivity index (χ4v) is 3.29. The summed E-state index contributed by atoms with van der Waals surface area (Å²) in [7, 11) is -2.12. The number of ether oxygens (including phenoxy) is 1. The van der Waals surface area contributed by atoms with E-state index in [-0.39, 0.29) is 10.1 Å². The van der Waals surface area contributed by atoms with Gasteiger partial charge in [0.25, 0.3) is 10.0 Å². The van der Waals surface area contributed by atoms with Gasteiger partial charge in [0.1, 0.15) is 9.90 Å². The molecule has 0 bridgehead atoms. The third kappa shape index (κ3) is 2.56. The van der Waals surface area contributed by atoms with Gasteiger partial charge in [-0.3, -0.25) is 4.72 Å². The maximum absolute atomic E-state index is 11.9. The summed E-state index contributed by atoms with van der Waals surface area (Å²) >= 11 is 1.15. The van der Waals surface area contributed by atoms with Gasteiger partial charge in [0.15, 0.2) is 0 Å². The molecule has 0 spiro atoms. The van der Waals surface area contributed by atoms with E-state index in [0.717, 1.165) is 11.3 Å². The summed E-state index contributed by atoms with van der Waals surface area (Å²) < 4.78 is 31.6. The summed E-state index contributed by atoms with van der Waals surface area (Å²) in [4.78, 5) is 3.92. The first-order valence-corrected chi connectivity index (χ1v) is 7.05. The van der Waals surface area contributed by atoms with Gasteiger partial charge in [0.05, 0.1) is 7.11 Å². The minimum Gasteiger partial charge on any atom is -0.480 e. The Hall–Kier alpha value is -1.60. The van der Waals surface area contributed by atoms with Crippen LogP contribution in [-0.4, -0.2) is 20.5 Å². The van der Waals surface area contributed by atoms with Crippen LogP contribution in [0.15, 0.2) is 40.1 Å². The Morgan fingerprint density at radius 1 is 1.35 bits per heavy atom. The summed E-state index contributed by atoms with van der Waals surface area (Å²) in [6.45, 7) is 0. The molecule has 0 unspecified atom stereocenters. The molecular weight excluding hydrogens is 260 g/mol. The Balaban J connectivity index is 2.33. The second-order valence-corrected chi connectivity index (χ2v) is 5.95. The number of hydrogen-bond donors (Lipinski definition) is 1. The van der Waals surface area contributed by atoms with E-state index in [1.54, 1.807) is 23.6 Å². The monoisotopic (exact) mass is 270 g/mol. The van der Waals surface area contributed by atoms with Crippen molar-refractivity contribution in [2.24, 2.45) is 0 Å². The zero-order valence-corrected chi connectivity index (χ0v) is 10.6. The average molecular weight is 270 g/mol. The largest absolute Gasteiger partial charge is 0.480 e. The molecule has 0 aromatic carbocycles. The first kappa shape index (κ1) is 11.9. The van der Waals surface area contributed by atoms with Crippen molar-refractivity contribution in [1.82, 2.24) is 4.98 Å². The SMILES string of the molecule is COc1ncccc1NS(=O)(=O)c1cccs1. The molecule has 90 valence electrons. The number of hydrogen-bond acceptors (Lipinski definition) is 5. The number of nitrogens with zero attached hydrogens (tertiary/aromatic N) is 1. The summed E-state index contributed by atoms with van der Waals surface area (Å²) in [5, 5.41) is 1.70. The fourth-order valence-electron chi connectivity index (χ4n) is 1.24. The molecule has 7 heteroatoms. The molecule has 5 nitrogen and oxygen atoms in total. The zero-order valence-electron chi connectivity index (χ0n) is 8.95. The highest BCUT2D eigenvalue weighted by Crippen LogP contribution is 2.25. The quantitative estimate of drug-likeness (QED) is 0.922. The molecule has 2 rings (SSSR count). The highest BCUT2D eigenvalue weighted by atomic mass is 32.2. The second kappa shape index (κ2) is 4.72. The summed E-state index contributed by atoms with van der Waals surface area (Å²) in [6, 6.07) is 6.45. The minimum absolute atomic E-state index is 0.243. The molecular formula is C10H10N2O3S2. The lowest BCUT2D eigenvalue weighted by atomic mass is 10.4. The maximum Gasteiger partial charge on any atom is 0.271 e. The lowest BCUT2D eigenvalue weighted by Crippen LogP contribution is -2.12. The number of pyridine rings is 1. The first-order chi connectivity index (χ1) is 8.13. The Morgan fingerprint density at radius 3 is 2.82 bits per heavy atom. The van der Waals surface area contributed by atoms with Crippen LogP contribution < -0.4 is 9.46 Å². The molecule has 17 heavy (non-hydrogen) atoms. The summed E-state index contributed by atoms with van der Waals surface area (Å²) in [6.07, 6.45) is 1.53. The lowest BCUT2D eigenvalue weighted by molar-refractivity contribution is 0.400. The van der Waals surface area contributed by atoms with Crippen LogP contribution in [-0.2, 0) is 10.0 Å². The molecule has 0 aliphatic rings. The number of rotatable bonds is 4. The van der Waals surface area contributed by atoms with Gasteiger partial charge in [-0.1, -0.05) is 6.07 Å². The smallest absolute Gasteiger partial charge is 0.271 e. The van der Waals surface area contributed by atoms with E-state index >= 15 is 0 Å². The number of thiophene rings is 1. The normalized spacial score (nSPS) is 11.1. The zero-order chi connectivity index (χ0) is 12.3. The standard InChI is InChI=1S/C10H10N2O3S2/c1-15-10-8(4-2-6-11-10)12-17(13,14)9-5-3-7-16-9/h2-7,12H,1H3. The van der Waals surface area contributed by atoms with Gasteiger partial charge in [-0.2, -0.15) is 0 Å². The first-order valence-electron chi connectivity index (χ1n) is 4.69. The summed E-state index contributed by atoms with van der Waals surface area (Å²) in [5.41, 5.74) is 0.323. The van der Waals surface area contributed by atoms with Crippen molar-refractivity contribution in [3.05, 3.63) is 35.8 Å². The third-order valence-corrected chi connectivity index (χ3v) is 4.73. The predicted octanol–water partition coefficient (Wildman–Crippen LogP) is 1.95. The van der Waals surface area contributed by atoms with Gasteiger partial charge in [-0.05, 0) is 23.6 Å². The molecule has 2 heterocycles. The van der Waals surface area contributed by atoms with Crippen LogP contribution in [0.4, 0.5) is 5.69 Å². The van der Waals surface area contributed by atoms with Crippen molar-refractivity contribution in [3.8, 4) is 5.88 Å². The van der Waals surface area contributed by atoms with E-state index in [4.69, 9.17) is 4.74 Å². The number of aromatic nitrogens is 1. The van der Waals surface area contributed by atoms with Gasteiger partial charge in [-0.25, -0.2) is 13.4 Å². The van der Waals surface area contributed by atoms with Crippen molar-refractivity contribution in [2.75, 3.05) is 11.8 Å². The van der Waals surface area contributed by atoms with Crippen LogP contribution in [0.3, 0.4) is 0 Å². The fraction of sp³-hybridized carbons (Fsp3) is 0.100. The Kier molecular flexibility index (Phi) is 3.30. The van der Waals surface area contributed by atoms with E-state index in [1.807, 2.05) is 0 Å². The number of methoxy groups -OCH3 is 1. The van der Waals surface area contributed by atoms with Gasteiger partial charge >= 0.3 is 0 Å². The minimum atomic E-state index is -3.55. The van der Waals surface area contributed by atoms with E-state index in [2.05, 4.69) is 9.71 Å². The molecule has 0 amide bonds. The number of anilines is 1. The second-order valence-electron chi connectivity index (χ2n) is 3.10. The average Bonchev–Trinajstić information content (AvgIpc) is 2.83. The summed E-state index contributed by atoms with van der Waals surface area (Å²) in [5.74, 6) is 0.243. The van der Waals surface area contributed by atoms with E-state index in [9.17, 15) is 8.42 Å². The van der Waals surface area contributed by atoms with Crippen LogP contribution in [0.5, 0.6) is 5.88 Å². The van der Waals surface area contributed by atoms with Crippen LogP contribution in [0.25, 0.3) is 0 Å². The van der Waals surface area contributed by atoms with Crippen molar-refractivity contribution in [3.63, 3.8) is 0 Å². The van der Waals surface area contributed by atoms with Crippen LogP contribution in [0.1, 0.15) is 0 Å². The number of sulfonamides is 1. The van der Waals surface area contributed by atoms with Crippen LogP contribution in [0, 0.1) is 0 Å². The Morgan fingerprint density at radius 2 is 2.18 bits per heavy atom. The van der Waals surface area contributed by atoms with Crippen LogP contribution in [0.2, 0.25) is 0 Å².